The highest BCUT2D eigenvalue weighted by atomic mass is 19.4. The molecule has 0 aliphatic carbocycles. The first-order valence-electron chi connectivity index (χ1n) is 12.0. The van der Waals surface area contributed by atoms with Gasteiger partial charge < -0.3 is 19.8 Å². The van der Waals surface area contributed by atoms with Gasteiger partial charge in [-0.05, 0) is 55.2 Å². The highest BCUT2D eigenvalue weighted by Gasteiger charge is 2.31. The van der Waals surface area contributed by atoms with Gasteiger partial charge in [0.05, 0.1) is 17.7 Å². The molecule has 0 aromatic heterocycles. The number of rotatable bonds is 12. The number of hydrogen-bond donors (Lipinski definition) is 2. The molecule has 1 saturated heterocycles. The molecule has 9 heteroatoms. The summed E-state index contributed by atoms with van der Waals surface area (Å²) in [4.78, 5) is 24.6. The smallest absolute Gasteiger partial charge is 0.416 e. The number of amides is 1. The largest absolute Gasteiger partial charge is 0.481 e. The highest BCUT2D eigenvalue weighted by Crippen LogP contribution is 2.33. The van der Waals surface area contributed by atoms with Gasteiger partial charge >= 0.3 is 12.1 Å². The first-order chi connectivity index (χ1) is 17.1. The monoisotopic (exact) mass is 505 g/mol. The van der Waals surface area contributed by atoms with E-state index in [0.717, 1.165) is 31.4 Å². The molecule has 0 spiro atoms. The minimum atomic E-state index is -4.47. The molecule has 1 aliphatic rings. The molecule has 1 fully saturated rings. The number of carboxylic acid groups (broad SMARTS) is 1. The molecule has 2 atom stereocenters. The van der Waals surface area contributed by atoms with Crippen LogP contribution >= 0.6 is 0 Å². The number of aliphatic hydroxyl groups excluding tert-OH is 1. The normalized spacial score (nSPS) is 17.1. The molecule has 1 unspecified atom stereocenters. The van der Waals surface area contributed by atoms with E-state index in [0.29, 0.717) is 37.1 Å². The van der Waals surface area contributed by atoms with Gasteiger partial charge in [0.25, 0.3) is 0 Å². The number of benzene rings is 2. The van der Waals surface area contributed by atoms with E-state index in [1.54, 1.807) is 41.3 Å². The number of ether oxygens (including phenoxy) is 1. The van der Waals surface area contributed by atoms with Crippen LogP contribution in [0.25, 0.3) is 0 Å². The average molecular weight is 506 g/mol. The Hall–Kier alpha value is -3.33. The van der Waals surface area contributed by atoms with Crippen LogP contribution in [0.15, 0.2) is 60.7 Å². The number of unbranched alkanes of at least 4 members (excludes halogenated alkanes) is 3. The number of halogens is 3. The van der Waals surface area contributed by atoms with Crippen molar-refractivity contribution in [2.45, 2.75) is 63.3 Å². The Balaban J connectivity index is 1.57. The molecule has 2 N–H and O–H groups in total. The van der Waals surface area contributed by atoms with Crippen LogP contribution < -0.4 is 4.74 Å². The summed E-state index contributed by atoms with van der Waals surface area (Å²) in [6.07, 6.45) is 2.24. The lowest BCUT2D eigenvalue weighted by molar-refractivity contribution is -0.138. The SMILES string of the molecule is O=C(O)CCCCCCN1C(=O)CCC1/C=C/[C@@H](O)c1cccc(Oc2cccc(C(F)(F)F)c2)c1. The number of hydrogen-bond acceptors (Lipinski definition) is 4. The van der Waals surface area contributed by atoms with Crippen LogP contribution in [0.2, 0.25) is 0 Å². The summed E-state index contributed by atoms with van der Waals surface area (Å²) in [5, 5.41) is 19.3. The quantitative estimate of drug-likeness (QED) is 0.268. The second-order valence-corrected chi connectivity index (χ2v) is 8.78. The molecule has 1 heterocycles. The fourth-order valence-corrected chi connectivity index (χ4v) is 4.14. The number of nitrogens with zero attached hydrogens (tertiary/aromatic N) is 1. The molecule has 3 rings (SSSR count). The zero-order chi connectivity index (χ0) is 26.1. The van der Waals surface area contributed by atoms with Gasteiger partial charge in [-0.2, -0.15) is 13.2 Å². The number of aliphatic hydroxyl groups is 1. The molecular formula is C27H30F3NO5. The molecule has 2 aromatic carbocycles. The lowest BCUT2D eigenvalue weighted by Gasteiger charge is -2.22. The second-order valence-electron chi connectivity index (χ2n) is 8.78. The molecule has 0 saturated carbocycles. The Morgan fingerprint density at radius 1 is 1.08 bits per heavy atom. The molecule has 2 aromatic rings. The number of likely N-dealkylation sites (tertiary alicyclic amines) is 1. The predicted molar refractivity (Wildman–Crippen MR) is 128 cm³/mol. The van der Waals surface area contributed by atoms with E-state index in [1.165, 1.54) is 12.1 Å². The lowest BCUT2D eigenvalue weighted by atomic mass is 10.1. The third-order valence-corrected chi connectivity index (χ3v) is 6.03. The van der Waals surface area contributed by atoms with Gasteiger partial charge in [0.15, 0.2) is 0 Å². The van der Waals surface area contributed by atoms with Gasteiger partial charge in [0, 0.05) is 19.4 Å². The Bertz CT molecular complexity index is 1070. The van der Waals surface area contributed by atoms with Crippen LogP contribution in [0.3, 0.4) is 0 Å². The average Bonchev–Trinajstić information content (AvgIpc) is 3.18. The van der Waals surface area contributed by atoms with E-state index in [2.05, 4.69) is 0 Å². The van der Waals surface area contributed by atoms with E-state index in [9.17, 15) is 27.9 Å². The molecule has 0 bridgehead atoms. The Labute approximate surface area is 208 Å². The first-order valence-corrected chi connectivity index (χ1v) is 12.0. The molecule has 6 nitrogen and oxygen atoms in total. The van der Waals surface area contributed by atoms with Crippen LogP contribution in [-0.2, 0) is 15.8 Å². The van der Waals surface area contributed by atoms with E-state index >= 15 is 0 Å². The number of carbonyl (C=O) groups excluding carboxylic acids is 1. The van der Waals surface area contributed by atoms with Crippen molar-refractivity contribution >= 4 is 11.9 Å². The van der Waals surface area contributed by atoms with Gasteiger partial charge in [-0.15, -0.1) is 0 Å². The molecule has 1 aliphatic heterocycles. The van der Waals surface area contributed by atoms with Crippen molar-refractivity contribution in [2.24, 2.45) is 0 Å². The van der Waals surface area contributed by atoms with Crippen molar-refractivity contribution in [3.63, 3.8) is 0 Å². The van der Waals surface area contributed by atoms with Crippen LogP contribution in [0, 0.1) is 0 Å². The Morgan fingerprint density at radius 3 is 2.50 bits per heavy atom. The zero-order valence-corrected chi connectivity index (χ0v) is 19.8. The first kappa shape index (κ1) is 27.3. The fourth-order valence-electron chi connectivity index (χ4n) is 4.14. The van der Waals surface area contributed by atoms with Gasteiger partial charge in [-0.3, -0.25) is 9.59 Å². The van der Waals surface area contributed by atoms with Crippen LogP contribution in [0.1, 0.15) is 62.2 Å². The fraction of sp³-hybridized carbons (Fsp3) is 0.407. The standard InChI is InChI=1S/C27H30F3NO5/c28-27(29,30)20-8-6-10-23(18-20)36-22-9-5-7-19(17-22)24(32)14-12-21-13-15-25(33)31(21)16-4-2-1-3-11-26(34)35/h5-10,12,14,17-18,21,24,32H,1-4,11,13,15-16H2,(H,34,35)/b14-12+/t21?,24-/m1/s1. The minimum absolute atomic E-state index is 0.0371. The van der Waals surface area contributed by atoms with E-state index in [4.69, 9.17) is 9.84 Å². The molecular weight excluding hydrogens is 475 g/mol. The molecule has 1 amide bonds. The zero-order valence-electron chi connectivity index (χ0n) is 19.8. The summed E-state index contributed by atoms with van der Waals surface area (Å²) in [5.74, 6) is -0.419. The number of alkyl halides is 3. The van der Waals surface area contributed by atoms with Gasteiger partial charge in [-0.1, -0.05) is 43.2 Å². The summed E-state index contributed by atoms with van der Waals surface area (Å²) in [6.45, 7) is 0.581. The van der Waals surface area contributed by atoms with Gasteiger partial charge in [0.1, 0.15) is 11.5 Å². The summed E-state index contributed by atoms with van der Waals surface area (Å²) in [7, 11) is 0. The maximum atomic E-state index is 12.9. The molecule has 194 valence electrons. The molecule has 36 heavy (non-hydrogen) atoms. The van der Waals surface area contributed by atoms with Crippen molar-refractivity contribution in [1.29, 1.82) is 0 Å². The topological polar surface area (TPSA) is 87.1 Å². The van der Waals surface area contributed by atoms with Crippen molar-refractivity contribution in [1.82, 2.24) is 4.90 Å². The van der Waals surface area contributed by atoms with Crippen molar-refractivity contribution in [2.75, 3.05) is 6.54 Å². The summed E-state index contributed by atoms with van der Waals surface area (Å²) in [5.41, 5.74) is -0.305. The van der Waals surface area contributed by atoms with Crippen LogP contribution in [0.5, 0.6) is 11.5 Å². The number of carboxylic acids is 1. The van der Waals surface area contributed by atoms with Crippen LogP contribution in [0.4, 0.5) is 13.2 Å². The number of carbonyl (C=O) groups is 2. The Morgan fingerprint density at radius 2 is 1.78 bits per heavy atom. The summed E-state index contributed by atoms with van der Waals surface area (Å²) in [6, 6.07) is 10.9. The van der Waals surface area contributed by atoms with Crippen LogP contribution in [-0.4, -0.2) is 39.6 Å². The summed E-state index contributed by atoms with van der Waals surface area (Å²) >= 11 is 0. The van der Waals surface area contributed by atoms with Crippen molar-refractivity contribution in [3.8, 4) is 11.5 Å². The lowest BCUT2D eigenvalue weighted by Crippen LogP contribution is -2.32. The van der Waals surface area contributed by atoms with E-state index in [-0.39, 0.29) is 24.1 Å². The Kier molecular flexibility index (Phi) is 9.52. The van der Waals surface area contributed by atoms with Crippen molar-refractivity contribution < 1.29 is 37.7 Å². The predicted octanol–water partition coefficient (Wildman–Crippen LogP) is 6.11. The summed E-state index contributed by atoms with van der Waals surface area (Å²) < 4.78 is 44.4. The van der Waals surface area contributed by atoms with Gasteiger partial charge in [-0.25, -0.2) is 0 Å². The third-order valence-electron chi connectivity index (χ3n) is 6.03. The maximum Gasteiger partial charge on any atom is 0.416 e. The second kappa shape index (κ2) is 12.6. The maximum absolute atomic E-state index is 12.9. The van der Waals surface area contributed by atoms with E-state index in [1.807, 2.05) is 0 Å². The minimum Gasteiger partial charge on any atom is -0.481 e. The molecule has 0 radical (unpaired) electrons. The van der Waals surface area contributed by atoms with Crippen molar-refractivity contribution in [3.05, 3.63) is 71.8 Å². The van der Waals surface area contributed by atoms with Gasteiger partial charge in [0.2, 0.25) is 5.91 Å². The third kappa shape index (κ3) is 8.12. The number of aliphatic carboxylic acids is 1. The van der Waals surface area contributed by atoms with E-state index < -0.39 is 23.8 Å². The highest BCUT2D eigenvalue weighted by molar-refractivity contribution is 5.79.